The fraction of sp³-hybridized carbons (Fsp3) is 0.579. The zero-order chi connectivity index (χ0) is 18.5. The van der Waals surface area contributed by atoms with E-state index in [1.165, 1.54) is 4.90 Å². The molecule has 0 aromatic heterocycles. The predicted molar refractivity (Wildman–Crippen MR) is 104 cm³/mol. The van der Waals surface area contributed by atoms with Crippen molar-refractivity contribution < 1.29 is 14.3 Å². The molecule has 0 spiro atoms. The van der Waals surface area contributed by atoms with Crippen LogP contribution in [0.5, 0.6) is 0 Å². The number of rotatable bonds is 3. The number of nitrogens with zero attached hydrogens (tertiary/aromatic N) is 3. The summed E-state index contributed by atoms with van der Waals surface area (Å²) >= 11 is 1.84. The van der Waals surface area contributed by atoms with Crippen LogP contribution in [0.15, 0.2) is 29.2 Å². The van der Waals surface area contributed by atoms with Gasteiger partial charge in [-0.25, -0.2) is 4.79 Å². The molecule has 0 aliphatic carbocycles. The summed E-state index contributed by atoms with van der Waals surface area (Å²) in [5.41, 5.74) is 1.03. The van der Waals surface area contributed by atoms with Crippen LogP contribution in [-0.2, 0) is 9.53 Å². The summed E-state index contributed by atoms with van der Waals surface area (Å²) < 4.78 is 5.05. The molecular formula is C19H27N3O3S. The van der Waals surface area contributed by atoms with Crippen LogP contribution in [-0.4, -0.2) is 72.9 Å². The summed E-state index contributed by atoms with van der Waals surface area (Å²) in [6, 6.07) is 8.16. The first-order chi connectivity index (χ1) is 12.6. The van der Waals surface area contributed by atoms with Crippen molar-refractivity contribution in [3.8, 4) is 0 Å². The standard InChI is InChI=1S/C19H27N3O3S/c1-3-25-19(24)21-12-10-20(11-13-21)14-18(23)22-9-8-15(2)26-17-7-5-4-6-16(17)22/h4-7,15H,3,8-14H2,1-2H3. The topological polar surface area (TPSA) is 53.1 Å². The molecule has 1 aromatic carbocycles. The summed E-state index contributed by atoms with van der Waals surface area (Å²) in [6.07, 6.45) is 0.729. The molecule has 0 saturated carbocycles. The normalized spacial score (nSPS) is 21.1. The van der Waals surface area contributed by atoms with Crippen LogP contribution < -0.4 is 4.90 Å². The molecule has 0 N–H and O–H groups in total. The Kier molecular flexibility index (Phi) is 6.43. The second-order valence-electron chi connectivity index (χ2n) is 6.69. The monoisotopic (exact) mass is 377 g/mol. The molecule has 26 heavy (non-hydrogen) atoms. The lowest BCUT2D eigenvalue weighted by atomic mass is 10.2. The van der Waals surface area contributed by atoms with Crippen LogP contribution in [0.2, 0.25) is 0 Å². The molecule has 1 unspecified atom stereocenters. The number of hydrogen-bond acceptors (Lipinski definition) is 5. The van der Waals surface area contributed by atoms with E-state index in [0.29, 0.717) is 44.6 Å². The van der Waals surface area contributed by atoms with Crippen molar-refractivity contribution in [1.82, 2.24) is 9.80 Å². The van der Waals surface area contributed by atoms with E-state index in [4.69, 9.17) is 4.74 Å². The number of carbonyl (C=O) groups excluding carboxylic acids is 2. The zero-order valence-electron chi connectivity index (χ0n) is 15.5. The van der Waals surface area contributed by atoms with Crippen LogP contribution in [0.4, 0.5) is 10.5 Å². The highest BCUT2D eigenvalue weighted by Crippen LogP contribution is 2.37. The van der Waals surface area contributed by atoms with Crippen LogP contribution >= 0.6 is 11.8 Å². The fourth-order valence-electron chi connectivity index (χ4n) is 3.33. The van der Waals surface area contributed by atoms with E-state index >= 15 is 0 Å². The molecule has 2 amide bonds. The lowest BCUT2D eigenvalue weighted by Crippen LogP contribution is -2.51. The van der Waals surface area contributed by atoms with Gasteiger partial charge in [0, 0.05) is 42.9 Å². The van der Waals surface area contributed by atoms with Gasteiger partial charge in [-0.2, -0.15) is 0 Å². The Labute approximate surface area is 159 Å². The maximum atomic E-state index is 13.0. The third-order valence-corrected chi connectivity index (χ3v) is 6.04. The molecule has 3 rings (SSSR count). The smallest absolute Gasteiger partial charge is 0.409 e. The Balaban J connectivity index is 1.60. The maximum absolute atomic E-state index is 13.0. The molecule has 1 saturated heterocycles. The number of benzene rings is 1. The average molecular weight is 378 g/mol. The van der Waals surface area contributed by atoms with Gasteiger partial charge in [-0.05, 0) is 25.5 Å². The molecule has 142 valence electrons. The fourth-order valence-corrected chi connectivity index (χ4v) is 4.44. The zero-order valence-corrected chi connectivity index (χ0v) is 16.3. The van der Waals surface area contributed by atoms with Gasteiger partial charge in [-0.1, -0.05) is 19.1 Å². The van der Waals surface area contributed by atoms with Crippen molar-refractivity contribution in [3.63, 3.8) is 0 Å². The predicted octanol–water partition coefficient (Wildman–Crippen LogP) is 2.68. The highest BCUT2D eigenvalue weighted by atomic mass is 32.2. The van der Waals surface area contributed by atoms with Gasteiger partial charge in [0.2, 0.25) is 5.91 Å². The lowest BCUT2D eigenvalue weighted by Gasteiger charge is -2.34. The second kappa shape index (κ2) is 8.77. The first kappa shape index (κ1) is 19.0. The first-order valence-electron chi connectivity index (χ1n) is 9.28. The first-order valence-corrected chi connectivity index (χ1v) is 10.2. The molecule has 2 aliphatic rings. The van der Waals surface area contributed by atoms with Crippen molar-refractivity contribution >= 4 is 29.4 Å². The Bertz CT molecular complexity index is 647. The number of hydrogen-bond donors (Lipinski definition) is 0. The number of piperazine rings is 1. The maximum Gasteiger partial charge on any atom is 0.409 e. The van der Waals surface area contributed by atoms with Crippen molar-refractivity contribution in [3.05, 3.63) is 24.3 Å². The molecule has 1 aromatic rings. The van der Waals surface area contributed by atoms with E-state index in [1.807, 2.05) is 41.8 Å². The molecule has 1 atom stereocenters. The van der Waals surface area contributed by atoms with Gasteiger partial charge in [0.25, 0.3) is 0 Å². The minimum atomic E-state index is -0.258. The third-order valence-electron chi connectivity index (χ3n) is 4.80. The Hall–Kier alpha value is -1.73. The van der Waals surface area contributed by atoms with Gasteiger partial charge in [0.15, 0.2) is 0 Å². The number of para-hydroxylation sites is 1. The largest absolute Gasteiger partial charge is 0.450 e. The number of amides is 2. The summed E-state index contributed by atoms with van der Waals surface area (Å²) in [5, 5.41) is 0.502. The molecule has 1 fully saturated rings. The summed E-state index contributed by atoms with van der Waals surface area (Å²) in [6.45, 7) is 8.18. The van der Waals surface area contributed by atoms with Crippen LogP contribution in [0.1, 0.15) is 20.3 Å². The Morgan fingerprint density at radius 2 is 1.88 bits per heavy atom. The molecule has 2 aliphatic heterocycles. The average Bonchev–Trinajstić information content (AvgIpc) is 2.80. The second-order valence-corrected chi connectivity index (χ2v) is 8.17. The summed E-state index contributed by atoms with van der Waals surface area (Å²) in [7, 11) is 0. The van der Waals surface area contributed by atoms with Gasteiger partial charge in [0.05, 0.1) is 18.8 Å². The van der Waals surface area contributed by atoms with Crippen LogP contribution in [0.3, 0.4) is 0 Å². The number of anilines is 1. The van der Waals surface area contributed by atoms with E-state index in [9.17, 15) is 9.59 Å². The molecule has 0 radical (unpaired) electrons. The third kappa shape index (κ3) is 4.51. The molecule has 2 heterocycles. The van der Waals surface area contributed by atoms with E-state index in [2.05, 4.69) is 17.9 Å². The quantitative estimate of drug-likeness (QED) is 0.811. The van der Waals surface area contributed by atoms with Gasteiger partial charge in [-0.15, -0.1) is 11.8 Å². The molecule has 7 heteroatoms. The minimum absolute atomic E-state index is 0.136. The summed E-state index contributed by atoms with van der Waals surface area (Å²) in [5.74, 6) is 0.136. The van der Waals surface area contributed by atoms with Gasteiger partial charge in [0.1, 0.15) is 0 Å². The van der Waals surface area contributed by atoms with E-state index in [1.54, 1.807) is 4.90 Å². The number of thioether (sulfide) groups is 1. The van der Waals surface area contributed by atoms with Crippen molar-refractivity contribution in [2.24, 2.45) is 0 Å². The van der Waals surface area contributed by atoms with Gasteiger partial charge >= 0.3 is 6.09 Å². The highest BCUT2D eigenvalue weighted by molar-refractivity contribution is 8.00. The van der Waals surface area contributed by atoms with Crippen molar-refractivity contribution in [1.29, 1.82) is 0 Å². The van der Waals surface area contributed by atoms with Crippen molar-refractivity contribution in [2.45, 2.75) is 30.4 Å². The Morgan fingerprint density at radius 3 is 2.62 bits per heavy atom. The van der Waals surface area contributed by atoms with Gasteiger partial charge < -0.3 is 14.5 Å². The lowest BCUT2D eigenvalue weighted by molar-refractivity contribution is -0.120. The Morgan fingerprint density at radius 1 is 1.15 bits per heavy atom. The molecular weight excluding hydrogens is 350 g/mol. The minimum Gasteiger partial charge on any atom is -0.450 e. The van der Waals surface area contributed by atoms with Crippen LogP contribution in [0.25, 0.3) is 0 Å². The summed E-state index contributed by atoms with van der Waals surface area (Å²) in [4.78, 5) is 31.7. The van der Waals surface area contributed by atoms with E-state index < -0.39 is 0 Å². The molecule has 6 nitrogen and oxygen atoms in total. The van der Waals surface area contributed by atoms with Crippen LogP contribution in [0, 0.1) is 0 Å². The SMILES string of the molecule is CCOC(=O)N1CCN(CC(=O)N2CCC(C)Sc3ccccc32)CC1. The van der Waals surface area contributed by atoms with E-state index in [-0.39, 0.29) is 12.0 Å². The number of ether oxygens (including phenoxy) is 1. The number of fused-ring (bicyclic) bond motifs is 1. The highest BCUT2D eigenvalue weighted by Gasteiger charge is 2.27. The number of carbonyl (C=O) groups is 2. The van der Waals surface area contributed by atoms with Gasteiger partial charge in [-0.3, -0.25) is 9.69 Å². The van der Waals surface area contributed by atoms with E-state index in [0.717, 1.165) is 18.7 Å². The molecule has 0 bridgehead atoms. The van der Waals surface area contributed by atoms with Crippen molar-refractivity contribution in [2.75, 3.05) is 50.8 Å².